The summed E-state index contributed by atoms with van der Waals surface area (Å²) in [5.41, 5.74) is 0. The van der Waals surface area contributed by atoms with Gasteiger partial charge in [0.1, 0.15) is 6.04 Å². The van der Waals surface area contributed by atoms with E-state index in [-0.39, 0.29) is 11.8 Å². The molecule has 0 amide bonds. The van der Waals surface area contributed by atoms with Crippen LogP contribution in [0, 0.1) is 0 Å². The molecular formula is C7H11NO4S. The van der Waals surface area contributed by atoms with Crippen molar-refractivity contribution in [1.29, 1.82) is 0 Å². The third-order valence-electron chi connectivity index (χ3n) is 1.76. The molecule has 1 rings (SSSR count). The minimum Gasteiger partial charge on any atom is -0.480 e. The zero-order chi connectivity index (χ0) is 10.1. The summed E-state index contributed by atoms with van der Waals surface area (Å²) in [4.78, 5) is 10.4. The second-order valence-electron chi connectivity index (χ2n) is 2.99. The van der Waals surface area contributed by atoms with Gasteiger partial charge in [0, 0.05) is 11.4 Å². The first-order valence-corrected chi connectivity index (χ1v) is 5.52. The average molecular weight is 205 g/mol. The number of carboxylic acids is 1. The minimum absolute atomic E-state index is 0.0510. The van der Waals surface area contributed by atoms with Gasteiger partial charge in [0.05, 0.1) is 5.75 Å². The average Bonchev–Trinajstić information content (AvgIpc) is 2.30. The van der Waals surface area contributed by atoms with E-state index in [0.717, 1.165) is 5.41 Å². The molecule has 1 heterocycles. The molecule has 0 aliphatic carbocycles. The van der Waals surface area contributed by atoms with E-state index in [1.54, 1.807) is 0 Å². The fourth-order valence-corrected chi connectivity index (χ4v) is 2.32. The van der Waals surface area contributed by atoms with E-state index in [0.29, 0.717) is 0 Å². The summed E-state index contributed by atoms with van der Waals surface area (Å²) in [7, 11) is -3.10. The predicted octanol–water partition coefficient (Wildman–Crippen LogP) is -0.640. The highest BCUT2D eigenvalue weighted by atomic mass is 32.2. The fourth-order valence-electron chi connectivity index (χ4n) is 1.07. The number of aliphatic carboxylic acids is 1. The van der Waals surface area contributed by atoms with Crippen molar-refractivity contribution in [2.45, 2.75) is 19.0 Å². The normalized spacial score (nSPS) is 27.3. The van der Waals surface area contributed by atoms with Gasteiger partial charge in [-0.25, -0.2) is 8.42 Å². The van der Waals surface area contributed by atoms with Crippen LogP contribution < -0.4 is 5.32 Å². The Morgan fingerprint density at radius 1 is 1.69 bits per heavy atom. The number of hydrogen-bond acceptors (Lipinski definition) is 4. The first kappa shape index (κ1) is 10.2. The van der Waals surface area contributed by atoms with E-state index < -0.39 is 21.8 Å². The van der Waals surface area contributed by atoms with Crippen LogP contribution in [0.25, 0.3) is 0 Å². The van der Waals surface area contributed by atoms with Gasteiger partial charge in [-0.1, -0.05) is 6.08 Å². The quantitative estimate of drug-likeness (QED) is 0.640. The van der Waals surface area contributed by atoms with Crippen molar-refractivity contribution in [2.75, 3.05) is 5.75 Å². The van der Waals surface area contributed by atoms with Crippen LogP contribution in [-0.2, 0) is 14.6 Å². The summed E-state index contributed by atoms with van der Waals surface area (Å²) in [5, 5.41) is 12.3. The van der Waals surface area contributed by atoms with Crippen molar-refractivity contribution < 1.29 is 18.3 Å². The summed E-state index contributed by atoms with van der Waals surface area (Å²) >= 11 is 0. The van der Waals surface area contributed by atoms with Crippen LogP contribution in [-0.4, -0.2) is 37.3 Å². The van der Waals surface area contributed by atoms with Crippen molar-refractivity contribution in [3.05, 3.63) is 11.5 Å². The van der Waals surface area contributed by atoms with Gasteiger partial charge in [-0.15, -0.1) is 0 Å². The van der Waals surface area contributed by atoms with Crippen molar-refractivity contribution in [2.24, 2.45) is 0 Å². The number of rotatable bonds is 3. The second-order valence-corrected chi connectivity index (χ2v) is 4.92. The van der Waals surface area contributed by atoms with Gasteiger partial charge < -0.3 is 5.11 Å². The highest BCUT2D eigenvalue weighted by Gasteiger charge is 2.24. The summed E-state index contributed by atoms with van der Waals surface area (Å²) in [6.07, 6.45) is 1.47. The van der Waals surface area contributed by atoms with Gasteiger partial charge >= 0.3 is 5.97 Å². The number of hydrogen-bond donors (Lipinski definition) is 2. The van der Waals surface area contributed by atoms with E-state index in [9.17, 15) is 13.2 Å². The highest BCUT2D eigenvalue weighted by molar-refractivity contribution is 7.94. The molecule has 0 saturated carbocycles. The maximum Gasteiger partial charge on any atom is 0.320 e. The molecule has 2 unspecified atom stereocenters. The smallest absolute Gasteiger partial charge is 0.320 e. The molecule has 0 saturated heterocycles. The molecule has 74 valence electrons. The molecule has 6 heteroatoms. The Labute approximate surface area is 76.4 Å². The molecule has 0 aromatic rings. The Bertz CT molecular complexity index is 332. The van der Waals surface area contributed by atoms with E-state index in [4.69, 9.17) is 5.11 Å². The Hall–Kier alpha value is -0.880. The van der Waals surface area contributed by atoms with Crippen molar-refractivity contribution in [1.82, 2.24) is 5.32 Å². The standard InChI is InChI=1S/C7H11NO4S/c1-5(7(9)10)8-6-2-3-13(11,12)4-6/h2-3,5-6,8H,4H2,1H3,(H,9,10). The number of sulfone groups is 1. The zero-order valence-corrected chi connectivity index (χ0v) is 7.91. The number of carboxylic acid groups (broad SMARTS) is 1. The van der Waals surface area contributed by atoms with Crippen molar-refractivity contribution in [3.8, 4) is 0 Å². The number of nitrogens with one attached hydrogen (secondary N) is 1. The molecule has 0 aromatic carbocycles. The Morgan fingerprint density at radius 2 is 2.31 bits per heavy atom. The fraction of sp³-hybridized carbons (Fsp3) is 0.571. The van der Waals surface area contributed by atoms with Crippen LogP contribution in [0.4, 0.5) is 0 Å². The highest BCUT2D eigenvalue weighted by Crippen LogP contribution is 2.08. The van der Waals surface area contributed by atoms with Gasteiger partial charge in [0.15, 0.2) is 9.84 Å². The molecule has 0 aromatic heterocycles. The summed E-state index contributed by atoms with van der Waals surface area (Å²) in [6, 6.07) is -1.11. The van der Waals surface area contributed by atoms with E-state index in [1.807, 2.05) is 0 Å². The van der Waals surface area contributed by atoms with Crippen LogP contribution in [0.5, 0.6) is 0 Å². The van der Waals surface area contributed by atoms with Crippen molar-refractivity contribution in [3.63, 3.8) is 0 Å². The second kappa shape index (κ2) is 3.47. The Morgan fingerprint density at radius 3 is 2.69 bits per heavy atom. The first-order chi connectivity index (χ1) is 5.91. The van der Waals surface area contributed by atoms with Gasteiger partial charge in [-0.05, 0) is 6.92 Å². The molecule has 13 heavy (non-hydrogen) atoms. The lowest BCUT2D eigenvalue weighted by Gasteiger charge is -2.13. The molecule has 1 aliphatic rings. The summed E-state index contributed by atoms with van der Waals surface area (Å²) in [5.74, 6) is -1.04. The SMILES string of the molecule is CC(NC1C=CS(=O)(=O)C1)C(=O)O. The molecule has 2 N–H and O–H groups in total. The maximum atomic E-state index is 10.9. The summed E-state index contributed by atoms with van der Waals surface area (Å²) < 4.78 is 21.8. The monoisotopic (exact) mass is 205 g/mol. The number of carbonyl (C=O) groups is 1. The molecule has 2 atom stereocenters. The Kier molecular flexibility index (Phi) is 2.72. The third kappa shape index (κ3) is 2.82. The molecule has 0 radical (unpaired) electrons. The van der Waals surface area contributed by atoms with Gasteiger partial charge in [-0.3, -0.25) is 10.1 Å². The van der Waals surface area contributed by atoms with E-state index in [2.05, 4.69) is 5.32 Å². The largest absolute Gasteiger partial charge is 0.480 e. The molecule has 5 nitrogen and oxygen atoms in total. The molecular weight excluding hydrogens is 194 g/mol. The molecule has 1 aliphatic heterocycles. The zero-order valence-electron chi connectivity index (χ0n) is 7.10. The predicted molar refractivity (Wildman–Crippen MR) is 46.9 cm³/mol. The van der Waals surface area contributed by atoms with Gasteiger partial charge in [0.2, 0.25) is 0 Å². The topological polar surface area (TPSA) is 83.5 Å². The van der Waals surface area contributed by atoms with Crippen LogP contribution in [0.15, 0.2) is 11.5 Å². The lowest BCUT2D eigenvalue weighted by atomic mass is 10.2. The summed E-state index contributed by atoms with van der Waals surface area (Å²) in [6.45, 7) is 1.47. The third-order valence-corrected chi connectivity index (χ3v) is 3.16. The maximum absolute atomic E-state index is 10.9. The molecule has 0 bridgehead atoms. The first-order valence-electron chi connectivity index (χ1n) is 3.80. The van der Waals surface area contributed by atoms with Crippen LogP contribution in [0.2, 0.25) is 0 Å². The van der Waals surface area contributed by atoms with Crippen LogP contribution >= 0.6 is 0 Å². The molecule has 0 fully saturated rings. The van der Waals surface area contributed by atoms with Crippen LogP contribution in [0.1, 0.15) is 6.92 Å². The minimum atomic E-state index is -3.10. The lowest BCUT2D eigenvalue weighted by Crippen LogP contribution is -2.41. The van der Waals surface area contributed by atoms with E-state index >= 15 is 0 Å². The van der Waals surface area contributed by atoms with Gasteiger partial charge in [0.25, 0.3) is 0 Å². The van der Waals surface area contributed by atoms with Crippen molar-refractivity contribution >= 4 is 15.8 Å². The van der Waals surface area contributed by atoms with Gasteiger partial charge in [-0.2, -0.15) is 0 Å². The Balaban J connectivity index is 2.51. The lowest BCUT2D eigenvalue weighted by molar-refractivity contribution is -0.139. The molecule has 0 spiro atoms. The van der Waals surface area contributed by atoms with E-state index in [1.165, 1.54) is 13.0 Å². The van der Waals surface area contributed by atoms with Crippen LogP contribution in [0.3, 0.4) is 0 Å².